The zero-order valence-corrected chi connectivity index (χ0v) is 12.1. The zero-order valence-electron chi connectivity index (χ0n) is 11.2. The predicted octanol–water partition coefficient (Wildman–Crippen LogP) is 3.41. The van der Waals surface area contributed by atoms with Crippen LogP contribution in [0.3, 0.4) is 0 Å². The minimum Gasteiger partial charge on any atom is -0.280 e. The highest BCUT2D eigenvalue weighted by atomic mass is 32.2. The van der Waals surface area contributed by atoms with E-state index in [1.54, 1.807) is 0 Å². The third kappa shape index (κ3) is 3.97. The summed E-state index contributed by atoms with van der Waals surface area (Å²) in [7, 11) is -4.16. The SMILES string of the molecule is O=[N+]([O-])c1ccc(S(=O)(=O)Nc2cccc(C(F)(F)F)c2)cc1. The van der Waals surface area contributed by atoms with Crippen molar-refractivity contribution in [2.75, 3.05) is 4.72 Å². The Morgan fingerprint density at radius 1 is 1.04 bits per heavy atom. The molecule has 2 aromatic rings. The summed E-state index contributed by atoms with van der Waals surface area (Å²) in [5.41, 5.74) is -1.57. The van der Waals surface area contributed by atoms with Gasteiger partial charge < -0.3 is 0 Å². The molecule has 6 nitrogen and oxygen atoms in total. The van der Waals surface area contributed by atoms with Gasteiger partial charge in [0.15, 0.2) is 0 Å². The van der Waals surface area contributed by atoms with Crippen LogP contribution in [-0.4, -0.2) is 13.3 Å². The molecule has 0 unspecified atom stereocenters. The number of nitro benzene ring substituents is 1. The summed E-state index contributed by atoms with van der Waals surface area (Å²) in [6.07, 6.45) is -4.60. The maximum absolute atomic E-state index is 12.6. The lowest BCUT2D eigenvalue weighted by Gasteiger charge is -2.11. The van der Waals surface area contributed by atoms with Crippen LogP contribution in [0.15, 0.2) is 53.4 Å². The van der Waals surface area contributed by atoms with Crippen LogP contribution < -0.4 is 4.72 Å². The zero-order chi connectivity index (χ0) is 17.3. The molecule has 0 saturated heterocycles. The fourth-order valence-corrected chi connectivity index (χ4v) is 2.77. The molecule has 0 aliphatic rings. The summed E-state index contributed by atoms with van der Waals surface area (Å²) < 4.78 is 64.0. The fourth-order valence-electron chi connectivity index (χ4n) is 1.72. The van der Waals surface area contributed by atoms with Gasteiger partial charge in [-0.25, -0.2) is 8.42 Å². The minimum atomic E-state index is -4.60. The first kappa shape index (κ1) is 16.7. The van der Waals surface area contributed by atoms with Crippen molar-refractivity contribution in [3.63, 3.8) is 0 Å². The Bertz CT molecular complexity index is 833. The quantitative estimate of drug-likeness (QED) is 0.678. The van der Waals surface area contributed by atoms with Gasteiger partial charge in [0, 0.05) is 17.8 Å². The molecular weight excluding hydrogens is 337 g/mol. The fraction of sp³-hybridized carbons (Fsp3) is 0.0769. The topological polar surface area (TPSA) is 89.3 Å². The molecule has 10 heteroatoms. The van der Waals surface area contributed by atoms with E-state index in [2.05, 4.69) is 0 Å². The summed E-state index contributed by atoms with van der Waals surface area (Å²) in [6, 6.07) is 7.66. The van der Waals surface area contributed by atoms with Crippen LogP contribution in [0.1, 0.15) is 5.56 Å². The number of anilines is 1. The third-order valence-electron chi connectivity index (χ3n) is 2.80. The van der Waals surface area contributed by atoms with E-state index in [4.69, 9.17) is 0 Å². The standard InChI is InChI=1S/C13H9F3N2O4S/c14-13(15,16)9-2-1-3-10(8-9)17-23(21,22)12-6-4-11(5-7-12)18(19)20/h1-8,17H. The maximum Gasteiger partial charge on any atom is 0.416 e. The van der Waals surface area contributed by atoms with Crippen molar-refractivity contribution in [2.45, 2.75) is 11.1 Å². The monoisotopic (exact) mass is 346 g/mol. The third-order valence-corrected chi connectivity index (χ3v) is 4.20. The van der Waals surface area contributed by atoms with Gasteiger partial charge in [-0.15, -0.1) is 0 Å². The molecule has 23 heavy (non-hydrogen) atoms. The smallest absolute Gasteiger partial charge is 0.280 e. The van der Waals surface area contributed by atoms with E-state index in [0.717, 1.165) is 42.5 Å². The number of hydrogen-bond donors (Lipinski definition) is 1. The molecule has 0 saturated carbocycles. The van der Waals surface area contributed by atoms with Crippen LogP contribution in [0.25, 0.3) is 0 Å². The number of hydrogen-bond acceptors (Lipinski definition) is 4. The van der Waals surface area contributed by atoms with Crippen LogP contribution >= 0.6 is 0 Å². The highest BCUT2D eigenvalue weighted by Gasteiger charge is 2.30. The van der Waals surface area contributed by atoms with Crippen molar-refractivity contribution in [1.29, 1.82) is 0 Å². The molecule has 0 amide bonds. The Kier molecular flexibility index (Phi) is 4.28. The molecular formula is C13H9F3N2O4S. The van der Waals surface area contributed by atoms with E-state index in [-0.39, 0.29) is 16.3 Å². The van der Waals surface area contributed by atoms with Gasteiger partial charge >= 0.3 is 6.18 Å². The molecule has 1 N–H and O–H groups in total. The van der Waals surface area contributed by atoms with Crippen LogP contribution in [0.5, 0.6) is 0 Å². The Morgan fingerprint density at radius 2 is 1.65 bits per heavy atom. The lowest BCUT2D eigenvalue weighted by molar-refractivity contribution is -0.384. The highest BCUT2D eigenvalue weighted by molar-refractivity contribution is 7.92. The van der Waals surface area contributed by atoms with Crippen molar-refractivity contribution in [3.8, 4) is 0 Å². The van der Waals surface area contributed by atoms with Crippen molar-refractivity contribution in [3.05, 3.63) is 64.2 Å². The van der Waals surface area contributed by atoms with Crippen molar-refractivity contribution < 1.29 is 26.5 Å². The molecule has 2 aromatic carbocycles. The molecule has 0 atom stereocenters. The van der Waals surface area contributed by atoms with Crippen LogP contribution in [-0.2, 0) is 16.2 Å². The molecule has 0 aliphatic heterocycles. The van der Waals surface area contributed by atoms with Gasteiger partial charge in [0.25, 0.3) is 15.7 Å². The largest absolute Gasteiger partial charge is 0.416 e. The van der Waals surface area contributed by atoms with Crippen molar-refractivity contribution in [1.82, 2.24) is 0 Å². The number of benzene rings is 2. The minimum absolute atomic E-state index is 0.266. The van der Waals surface area contributed by atoms with Gasteiger partial charge in [-0.1, -0.05) is 6.07 Å². The Labute approximate surface area is 128 Å². The summed E-state index contributed by atoms with van der Waals surface area (Å²) in [5.74, 6) is 0. The Hall–Kier alpha value is -2.62. The summed E-state index contributed by atoms with van der Waals surface area (Å²) in [6.45, 7) is 0. The Balaban J connectivity index is 2.29. The van der Waals surface area contributed by atoms with E-state index in [0.29, 0.717) is 6.07 Å². The molecule has 0 heterocycles. The van der Waals surface area contributed by atoms with Gasteiger partial charge in [-0.2, -0.15) is 13.2 Å². The summed E-state index contributed by atoms with van der Waals surface area (Å²) in [4.78, 5) is 9.52. The molecule has 0 bridgehead atoms. The maximum atomic E-state index is 12.6. The molecule has 2 rings (SSSR count). The molecule has 0 radical (unpaired) electrons. The first-order valence-corrected chi connectivity index (χ1v) is 7.52. The van der Waals surface area contributed by atoms with Gasteiger partial charge in [0.05, 0.1) is 15.4 Å². The number of rotatable bonds is 4. The second-order valence-electron chi connectivity index (χ2n) is 4.44. The van der Waals surface area contributed by atoms with Crippen LogP contribution in [0.4, 0.5) is 24.5 Å². The number of nitrogens with one attached hydrogen (secondary N) is 1. The van der Waals surface area contributed by atoms with E-state index in [1.165, 1.54) is 0 Å². The Morgan fingerprint density at radius 3 is 2.17 bits per heavy atom. The molecule has 122 valence electrons. The summed E-state index contributed by atoms with van der Waals surface area (Å²) >= 11 is 0. The second kappa shape index (κ2) is 5.88. The lowest BCUT2D eigenvalue weighted by atomic mass is 10.2. The number of nitro groups is 1. The molecule has 0 fully saturated rings. The molecule has 0 aliphatic carbocycles. The predicted molar refractivity (Wildman–Crippen MR) is 75.3 cm³/mol. The van der Waals surface area contributed by atoms with Gasteiger partial charge in [0.1, 0.15) is 0 Å². The number of non-ortho nitro benzene ring substituents is 1. The number of nitrogens with zero attached hydrogens (tertiary/aromatic N) is 1. The van der Waals surface area contributed by atoms with E-state index >= 15 is 0 Å². The first-order chi connectivity index (χ1) is 10.6. The number of alkyl halides is 3. The second-order valence-corrected chi connectivity index (χ2v) is 6.12. The van der Waals surface area contributed by atoms with Crippen LogP contribution in [0, 0.1) is 10.1 Å². The average Bonchev–Trinajstić information content (AvgIpc) is 2.46. The summed E-state index contributed by atoms with van der Waals surface area (Å²) in [5, 5.41) is 10.5. The molecule has 0 aromatic heterocycles. The van der Waals surface area contributed by atoms with E-state index in [1.807, 2.05) is 4.72 Å². The van der Waals surface area contributed by atoms with Gasteiger partial charge in [-0.05, 0) is 30.3 Å². The molecule has 0 spiro atoms. The first-order valence-electron chi connectivity index (χ1n) is 6.04. The number of sulfonamides is 1. The van der Waals surface area contributed by atoms with Crippen molar-refractivity contribution in [2.24, 2.45) is 0 Å². The van der Waals surface area contributed by atoms with Gasteiger partial charge in [0.2, 0.25) is 0 Å². The lowest BCUT2D eigenvalue weighted by Crippen LogP contribution is -2.14. The van der Waals surface area contributed by atoms with E-state index < -0.39 is 26.7 Å². The number of halogens is 3. The normalized spacial score (nSPS) is 12.0. The average molecular weight is 346 g/mol. The van der Waals surface area contributed by atoms with Crippen molar-refractivity contribution >= 4 is 21.4 Å². The van der Waals surface area contributed by atoms with Gasteiger partial charge in [-0.3, -0.25) is 14.8 Å². The van der Waals surface area contributed by atoms with E-state index in [9.17, 15) is 31.7 Å². The van der Waals surface area contributed by atoms with Crippen LogP contribution in [0.2, 0.25) is 0 Å². The highest BCUT2D eigenvalue weighted by Crippen LogP contribution is 2.31.